The van der Waals surface area contributed by atoms with Gasteiger partial charge in [-0.3, -0.25) is 4.79 Å². The number of carbonyl (C=O) groups is 1. The van der Waals surface area contributed by atoms with Gasteiger partial charge >= 0.3 is 0 Å². The number of hydrogen-bond donors (Lipinski definition) is 2. The average Bonchev–Trinajstić information content (AvgIpc) is 2.09. The number of nitrogens with one attached hydrogen (secondary N) is 1. The minimum Gasteiger partial charge on any atom is -0.352 e. The molecule has 0 spiro atoms. The standard InChI is InChI=1S/C8H18N2O3S/c1-3-7(6-9)10-8(11)4-5-14(2,12)13/h7H,3-6,9H2,1-2H3,(H,10,11). The minimum atomic E-state index is -3.06. The molecule has 5 nitrogen and oxygen atoms in total. The third kappa shape index (κ3) is 6.85. The van der Waals surface area contributed by atoms with E-state index >= 15 is 0 Å². The monoisotopic (exact) mass is 222 g/mol. The van der Waals surface area contributed by atoms with Gasteiger partial charge in [0.2, 0.25) is 5.91 Å². The summed E-state index contributed by atoms with van der Waals surface area (Å²) in [7, 11) is -3.06. The van der Waals surface area contributed by atoms with Gasteiger partial charge in [0.15, 0.2) is 0 Å². The van der Waals surface area contributed by atoms with Crippen LogP contribution in [0.1, 0.15) is 19.8 Å². The molecule has 0 aromatic heterocycles. The Kier molecular flexibility index (Phi) is 5.71. The molecule has 0 radical (unpaired) electrons. The topological polar surface area (TPSA) is 89.3 Å². The van der Waals surface area contributed by atoms with Crippen molar-refractivity contribution in [1.82, 2.24) is 5.32 Å². The van der Waals surface area contributed by atoms with Crippen molar-refractivity contribution in [3.63, 3.8) is 0 Å². The molecule has 0 saturated heterocycles. The Morgan fingerprint density at radius 3 is 2.43 bits per heavy atom. The van der Waals surface area contributed by atoms with Crippen LogP contribution in [0.2, 0.25) is 0 Å². The number of rotatable bonds is 6. The summed E-state index contributed by atoms with van der Waals surface area (Å²) in [5, 5.41) is 2.66. The van der Waals surface area contributed by atoms with Crippen LogP contribution in [-0.4, -0.2) is 38.9 Å². The number of sulfone groups is 1. The molecule has 0 aliphatic heterocycles. The lowest BCUT2D eigenvalue weighted by molar-refractivity contribution is -0.121. The Balaban J connectivity index is 3.87. The molecule has 1 amide bonds. The highest BCUT2D eigenvalue weighted by Crippen LogP contribution is 1.92. The number of amides is 1. The summed E-state index contributed by atoms with van der Waals surface area (Å²) < 4.78 is 21.5. The highest BCUT2D eigenvalue weighted by atomic mass is 32.2. The second-order valence-electron chi connectivity index (χ2n) is 3.29. The van der Waals surface area contributed by atoms with Crippen LogP contribution < -0.4 is 11.1 Å². The van der Waals surface area contributed by atoms with Gasteiger partial charge in [-0.15, -0.1) is 0 Å². The average molecular weight is 222 g/mol. The summed E-state index contributed by atoms with van der Waals surface area (Å²) in [5.74, 6) is -0.368. The third-order valence-corrected chi connectivity index (χ3v) is 2.79. The van der Waals surface area contributed by atoms with Crippen molar-refractivity contribution in [2.24, 2.45) is 5.73 Å². The zero-order valence-corrected chi connectivity index (χ0v) is 9.43. The first kappa shape index (κ1) is 13.4. The van der Waals surface area contributed by atoms with Crippen LogP contribution >= 0.6 is 0 Å². The lowest BCUT2D eigenvalue weighted by Gasteiger charge is -2.13. The maximum absolute atomic E-state index is 11.2. The molecule has 0 aliphatic carbocycles. The molecule has 1 unspecified atom stereocenters. The van der Waals surface area contributed by atoms with Gasteiger partial charge < -0.3 is 11.1 Å². The van der Waals surface area contributed by atoms with Crippen LogP contribution in [0.5, 0.6) is 0 Å². The zero-order chi connectivity index (χ0) is 11.2. The quantitative estimate of drug-likeness (QED) is 0.620. The molecule has 14 heavy (non-hydrogen) atoms. The molecular formula is C8H18N2O3S. The van der Waals surface area contributed by atoms with Gasteiger partial charge in [0.05, 0.1) is 5.75 Å². The summed E-state index contributed by atoms with van der Waals surface area (Å²) >= 11 is 0. The van der Waals surface area contributed by atoms with Crippen LogP contribution in [0.15, 0.2) is 0 Å². The van der Waals surface area contributed by atoms with E-state index in [1.54, 1.807) is 0 Å². The Morgan fingerprint density at radius 2 is 2.07 bits per heavy atom. The molecule has 6 heteroatoms. The minimum absolute atomic E-state index is 0.00926. The molecule has 0 aliphatic rings. The first-order valence-electron chi connectivity index (χ1n) is 4.56. The van der Waals surface area contributed by atoms with Crippen LogP contribution in [0.4, 0.5) is 0 Å². The summed E-state index contributed by atoms with van der Waals surface area (Å²) in [5.41, 5.74) is 5.38. The molecular weight excluding hydrogens is 204 g/mol. The van der Waals surface area contributed by atoms with Crippen molar-refractivity contribution >= 4 is 15.7 Å². The van der Waals surface area contributed by atoms with Gasteiger partial charge in [-0.25, -0.2) is 8.42 Å². The first-order valence-corrected chi connectivity index (χ1v) is 6.62. The summed E-state index contributed by atoms with van der Waals surface area (Å²) in [6.07, 6.45) is 1.87. The van der Waals surface area contributed by atoms with Crippen molar-refractivity contribution in [3.8, 4) is 0 Å². The lowest BCUT2D eigenvalue weighted by Crippen LogP contribution is -2.40. The van der Waals surface area contributed by atoms with Crippen LogP contribution in [0.3, 0.4) is 0 Å². The highest BCUT2D eigenvalue weighted by molar-refractivity contribution is 7.90. The number of nitrogens with two attached hydrogens (primary N) is 1. The Bertz CT molecular complexity index is 270. The van der Waals surface area contributed by atoms with E-state index in [0.29, 0.717) is 6.54 Å². The second kappa shape index (κ2) is 5.98. The third-order valence-electron chi connectivity index (χ3n) is 1.84. The van der Waals surface area contributed by atoms with Gasteiger partial charge in [0.25, 0.3) is 0 Å². The molecule has 0 aromatic rings. The van der Waals surface area contributed by atoms with Crippen molar-refractivity contribution in [2.45, 2.75) is 25.8 Å². The van der Waals surface area contributed by atoms with Gasteiger partial charge in [0, 0.05) is 25.3 Å². The Labute approximate surface area is 85.0 Å². The van der Waals surface area contributed by atoms with E-state index in [2.05, 4.69) is 5.32 Å². The maximum atomic E-state index is 11.2. The zero-order valence-electron chi connectivity index (χ0n) is 8.62. The second-order valence-corrected chi connectivity index (χ2v) is 5.55. The van der Waals surface area contributed by atoms with Crippen LogP contribution in [-0.2, 0) is 14.6 Å². The molecule has 0 bridgehead atoms. The highest BCUT2D eigenvalue weighted by Gasteiger charge is 2.11. The van der Waals surface area contributed by atoms with E-state index in [1.807, 2.05) is 6.92 Å². The van der Waals surface area contributed by atoms with Crippen molar-refractivity contribution < 1.29 is 13.2 Å². The number of hydrogen-bond acceptors (Lipinski definition) is 4. The van der Waals surface area contributed by atoms with E-state index in [1.165, 1.54) is 0 Å². The fourth-order valence-electron chi connectivity index (χ4n) is 0.906. The van der Waals surface area contributed by atoms with Crippen LogP contribution in [0.25, 0.3) is 0 Å². The molecule has 0 heterocycles. The molecule has 84 valence electrons. The van der Waals surface area contributed by atoms with E-state index in [0.717, 1.165) is 12.7 Å². The van der Waals surface area contributed by atoms with E-state index in [4.69, 9.17) is 5.73 Å². The van der Waals surface area contributed by atoms with Crippen molar-refractivity contribution in [3.05, 3.63) is 0 Å². The lowest BCUT2D eigenvalue weighted by atomic mass is 10.2. The molecule has 3 N–H and O–H groups in total. The summed E-state index contributed by atoms with van der Waals surface area (Å²) in [4.78, 5) is 11.2. The van der Waals surface area contributed by atoms with Gasteiger partial charge in [-0.1, -0.05) is 6.92 Å². The Morgan fingerprint density at radius 1 is 1.50 bits per heavy atom. The molecule has 1 atom stereocenters. The van der Waals surface area contributed by atoms with Crippen molar-refractivity contribution in [2.75, 3.05) is 18.6 Å². The molecule has 0 rings (SSSR count). The summed E-state index contributed by atoms with van der Waals surface area (Å²) in [6.45, 7) is 2.29. The van der Waals surface area contributed by atoms with Gasteiger partial charge in [-0.05, 0) is 6.42 Å². The SMILES string of the molecule is CCC(CN)NC(=O)CCS(C)(=O)=O. The smallest absolute Gasteiger partial charge is 0.221 e. The predicted molar refractivity (Wildman–Crippen MR) is 55.6 cm³/mol. The van der Waals surface area contributed by atoms with Crippen LogP contribution in [0, 0.1) is 0 Å². The molecule has 0 aromatic carbocycles. The Hall–Kier alpha value is -0.620. The van der Waals surface area contributed by atoms with Gasteiger partial charge in [-0.2, -0.15) is 0 Å². The largest absolute Gasteiger partial charge is 0.352 e. The normalized spacial score (nSPS) is 13.6. The first-order chi connectivity index (χ1) is 6.39. The van der Waals surface area contributed by atoms with Gasteiger partial charge in [0.1, 0.15) is 9.84 Å². The van der Waals surface area contributed by atoms with E-state index < -0.39 is 9.84 Å². The summed E-state index contributed by atoms with van der Waals surface area (Å²) in [6, 6.07) is -0.0536. The van der Waals surface area contributed by atoms with E-state index in [9.17, 15) is 13.2 Å². The predicted octanol–water partition coefficient (Wildman–Crippen LogP) is -0.725. The fraction of sp³-hybridized carbons (Fsp3) is 0.875. The maximum Gasteiger partial charge on any atom is 0.221 e. The fourth-order valence-corrected chi connectivity index (χ4v) is 1.46. The number of carbonyl (C=O) groups excluding carboxylic acids is 1. The molecule has 0 saturated carbocycles. The van der Waals surface area contributed by atoms with E-state index in [-0.39, 0.29) is 24.1 Å². The van der Waals surface area contributed by atoms with Crippen molar-refractivity contribution in [1.29, 1.82) is 0 Å². The molecule has 0 fully saturated rings.